The highest BCUT2D eigenvalue weighted by Crippen LogP contribution is 2.23. The molecule has 1 amide bonds. The van der Waals surface area contributed by atoms with Crippen LogP contribution in [0.15, 0.2) is 35.1 Å². The molecule has 0 saturated carbocycles. The number of aryl methyl sites for hydroxylation is 1. The lowest BCUT2D eigenvalue weighted by Crippen LogP contribution is -2.39. The third-order valence-electron chi connectivity index (χ3n) is 3.37. The second kappa shape index (κ2) is 6.01. The quantitative estimate of drug-likeness (QED) is 0.885. The van der Waals surface area contributed by atoms with Crippen LogP contribution in [0.2, 0.25) is 0 Å². The minimum Gasteiger partial charge on any atom is -0.481 e. The van der Waals surface area contributed by atoms with Gasteiger partial charge in [-0.25, -0.2) is 4.98 Å². The maximum Gasteiger partial charge on any atom is 0.310 e. The maximum atomic E-state index is 12.2. The van der Waals surface area contributed by atoms with Crippen molar-refractivity contribution in [3.8, 4) is 11.3 Å². The van der Waals surface area contributed by atoms with Crippen molar-refractivity contribution in [2.24, 2.45) is 5.41 Å². The predicted octanol–water partition coefficient (Wildman–Crippen LogP) is 2.49. The Labute approximate surface area is 128 Å². The Hall–Kier alpha value is -2.63. The van der Waals surface area contributed by atoms with Crippen LogP contribution in [0.1, 0.15) is 29.9 Å². The van der Waals surface area contributed by atoms with Gasteiger partial charge >= 0.3 is 5.97 Å². The molecule has 0 unspecified atom stereocenters. The van der Waals surface area contributed by atoms with Crippen LogP contribution in [0, 0.1) is 12.3 Å². The van der Waals surface area contributed by atoms with E-state index < -0.39 is 17.3 Å². The van der Waals surface area contributed by atoms with Crippen LogP contribution in [-0.4, -0.2) is 28.5 Å². The van der Waals surface area contributed by atoms with Crippen molar-refractivity contribution in [3.63, 3.8) is 0 Å². The largest absolute Gasteiger partial charge is 0.481 e. The number of aromatic nitrogens is 1. The highest BCUT2D eigenvalue weighted by atomic mass is 16.4. The number of carboxylic acid groups (broad SMARTS) is 1. The number of carbonyl (C=O) groups is 2. The molecule has 6 nitrogen and oxygen atoms in total. The highest BCUT2D eigenvalue weighted by Gasteiger charge is 2.28. The monoisotopic (exact) mass is 302 g/mol. The zero-order valence-electron chi connectivity index (χ0n) is 12.7. The summed E-state index contributed by atoms with van der Waals surface area (Å²) in [5, 5.41) is 11.6. The van der Waals surface area contributed by atoms with Gasteiger partial charge in [0, 0.05) is 12.1 Å². The molecular weight excluding hydrogens is 284 g/mol. The van der Waals surface area contributed by atoms with Crippen LogP contribution in [0.25, 0.3) is 11.3 Å². The van der Waals surface area contributed by atoms with E-state index in [0.717, 1.165) is 11.1 Å². The first kappa shape index (κ1) is 15.8. The van der Waals surface area contributed by atoms with Crippen LogP contribution in [0.5, 0.6) is 0 Å². The summed E-state index contributed by atoms with van der Waals surface area (Å²) >= 11 is 0. The predicted molar refractivity (Wildman–Crippen MR) is 80.4 cm³/mol. The first-order valence-electron chi connectivity index (χ1n) is 6.83. The summed E-state index contributed by atoms with van der Waals surface area (Å²) in [6.45, 7) is 5.05. The maximum absolute atomic E-state index is 12.2. The molecule has 0 spiro atoms. The molecule has 0 atom stereocenters. The number of rotatable bonds is 5. The van der Waals surface area contributed by atoms with E-state index in [2.05, 4.69) is 10.3 Å². The first-order chi connectivity index (χ1) is 10.3. The smallest absolute Gasteiger partial charge is 0.310 e. The van der Waals surface area contributed by atoms with Gasteiger partial charge in [-0.05, 0) is 20.8 Å². The third kappa shape index (κ3) is 3.33. The Morgan fingerprint density at radius 2 is 1.91 bits per heavy atom. The molecule has 0 bridgehead atoms. The molecule has 6 heteroatoms. The minimum absolute atomic E-state index is 0.00135. The molecule has 0 aliphatic heterocycles. The Bertz CT molecular complexity index is 686. The number of nitrogens with zero attached hydrogens (tertiary/aromatic N) is 1. The van der Waals surface area contributed by atoms with Gasteiger partial charge in [-0.1, -0.05) is 29.8 Å². The van der Waals surface area contributed by atoms with Crippen molar-refractivity contribution in [1.82, 2.24) is 10.3 Å². The summed E-state index contributed by atoms with van der Waals surface area (Å²) in [5.74, 6) is -1.07. The zero-order valence-corrected chi connectivity index (χ0v) is 12.7. The first-order valence-corrected chi connectivity index (χ1v) is 6.83. The minimum atomic E-state index is -1.05. The lowest BCUT2D eigenvalue weighted by molar-refractivity contribution is -0.146. The summed E-state index contributed by atoms with van der Waals surface area (Å²) < 4.78 is 5.30. The van der Waals surface area contributed by atoms with Crippen molar-refractivity contribution in [2.75, 3.05) is 6.54 Å². The number of aliphatic carboxylic acids is 1. The van der Waals surface area contributed by atoms with Gasteiger partial charge in [0.1, 0.15) is 0 Å². The second-order valence-electron chi connectivity index (χ2n) is 5.77. The summed E-state index contributed by atoms with van der Waals surface area (Å²) in [5.41, 5.74) is 0.928. The number of amides is 1. The number of carboxylic acids is 1. The summed E-state index contributed by atoms with van der Waals surface area (Å²) in [7, 11) is 0. The molecule has 2 N–H and O–H groups in total. The molecular formula is C16H18N2O4. The molecule has 2 rings (SSSR count). The molecule has 1 aromatic carbocycles. The average Bonchev–Trinajstić information content (AvgIpc) is 2.95. The van der Waals surface area contributed by atoms with Crippen molar-refractivity contribution in [3.05, 3.63) is 41.9 Å². The molecule has 0 saturated heterocycles. The number of oxazole rings is 1. The number of carbonyl (C=O) groups excluding carboxylic acids is 1. The fourth-order valence-electron chi connectivity index (χ4n) is 1.78. The Balaban J connectivity index is 2.17. The Morgan fingerprint density at radius 1 is 1.27 bits per heavy atom. The number of benzene rings is 1. The molecule has 0 aliphatic rings. The van der Waals surface area contributed by atoms with Crippen LogP contribution in [-0.2, 0) is 4.79 Å². The van der Waals surface area contributed by atoms with Crippen molar-refractivity contribution < 1.29 is 19.1 Å². The van der Waals surface area contributed by atoms with Gasteiger partial charge in [-0.3, -0.25) is 9.59 Å². The van der Waals surface area contributed by atoms with Gasteiger partial charge in [0.25, 0.3) is 5.91 Å². The highest BCUT2D eigenvalue weighted by molar-refractivity contribution is 5.97. The van der Waals surface area contributed by atoms with Crippen molar-refractivity contribution >= 4 is 11.9 Å². The van der Waals surface area contributed by atoms with Crippen LogP contribution < -0.4 is 5.32 Å². The molecule has 22 heavy (non-hydrogen) atoms. The van der Waals surface area contributed by atoms with Gasteiger partial charge < -0.3 is 14.8 Å². The summed E-state index contributed by atoms with van der Waals surface area (Å²) in [6.07, 6.45) is 1.20. The van der Waals surface area contributed by atoms with Gasteiger partial charge in [0.05, 0.1) is 5.41 Å². The van der Waals surface area contributed by atoms with E-state index in [1.165, 1.54) is 6.39 Å². The Kier molecular flexibility index (Phi) is 4.30. The number of nitrogens with one attached hydrogen (secondary N) is 1. The van der Waals surface area contributed by atoms with E-state index in [1.54, 1.807) is 13.8 Å². The van der Waals surface area contributed by atoms with E-state index in [1.807, 2.05) is 31.2 Å². The standard InChI is InChI=1S/C16H18N2O4/c1-10-4-6-11(7-5-10)13-12(18-9-22-13)14(19)17-8-16(2,3)15(20)21/h4-7,9H,8H2,1-3H3,(H,17,19)(H,20,21). The molecule has 1 heterocycles. The SMILES string of the molecule is Cc1ccc(-c2ocnc2C(=O)NCC(C)(C)C(=O)O)cc1. The van der Waals surface area contributed by atoms with Gasteiger partial charge in [0.15, 0.2) is 17.8 Å². The lowest BCUT2D eigenvalue weighted by atomic mass is 9.94. The van der Waals surface area contributed by atoms with Crippen LogP contribution in [0.4, 0.5) is 0 Å². The fraction of sp³-hybridized carbons (Fsp3) is 0.312. The normalized spacial score (nSPS) is 11.2. The van der Waals surface area contributed by atoms with E-state index in [-0.39, 0.29) is 12.2 Å². The van der Waals surface area contributed by atoms with E-state index >= 15 is 0 Å². The van der Waals surface area contributed by atoms with Crippen LogP contribution >= 0.6 is 0 Å². The average molecular weight is 302 g/mol. The van der Waals surface area contributed by atoms with E-state index in [0.29, 0.717) is 5.76 Å². The Morgan fingerprint density at radius 3 is 2.50 bits per heavy atom. The van der Waals surface area contributed by atoms with Crippen molar-refractivity contribution in [1.29, 1.82) is 0 Å². The molecule has 2 aromatic rings. The lowest BCUT2D eigenvalue weighted by Gasteiger charge is -2.19. The number of hydrogen-bond acceptors (Lipinski definition) is 4. The van der Waals surface area contributed by atoms with Crippen LogP contribution in [0.3, 0.4) is 0 Å². The van der Waals surface area contributed by atoms with Gasteiger partial charge in [0.2, 0.25) is 0 Å². The van der Waals surface area contributed by atoms with Crippen molar-refractivity contribution in [2.45, 2.75) is 20.8 Å². The number of hydrogen-bond donors (Lipinski definition) is 2. The molecule has 0 aliphatic carbocycles. The summed E-state index contributed by atoms with van der Waals surface area (Å²) in [6, 6.07) is 7.50. The van der Waals surface area contributed by atoms with E-state index in [4.69, 9.17) is 9.52 Å². The second-order valence-corrected chi connectivity index (χ2v) is 5.77. The molecule has 0 radical (unpaired) electrons. The van der Waals surface area contributed by atoms with E-state index in [9.17, 15) is 9.59 Å². The zero-order chi connectivity index (χ0) is 16.3. The topological polar surface area (TPSA) is 92.4 Å². The molecule has 0 fully saturated rings. The van der Waals surface area contributed by atoms with Gasteiger partial charge in [-0.15, -0.1) is 0 Å². The summed E-state index contributed by atoms with van der Waals surface area (Å²) in [4.78, 5) is 27.2. The third-order valence-corrected chi connectivity index (χ3v) is 3.37. The molecule has 116 valence electrons. The molecule has 1 aromatic heterocycles. The van der Waals surface area contributed by atoms with Gasteiger partial charge in [-0.2, -0.15) is 0 Å². The fourth-order valence-corrected chi connectivity index (χ4v) is 1.78.